The first-order chi connectivity index (χ1) is 20.5. The molecule has 0 aliphatic heterocycles. The number of carbonyl (C=O) groups is 1. The molecule has 8 nitrogen and oxygen atoms in total. The lowest BCUT2D eigenvalue weighted by Crippen LogP contribution is -2.28. The molecule has 0 spiro atoms. The number of aliphatic carboxylic acids is 1. The van der Waals surface area contributed by atoms with Gasteiger partial charge in [-0.1, -0.05) is 23.7 Å². The number of thiazole rings is 1. The van der Waals surface area contributed by atoms with Crippen LogP contribution in [0.2, 0.25) is 5.02 Å². The third kappa shape index (κ3) is 5.79. The summed E-state index contributed by atoms with van der Waals surface area (Å²) in [5.74, 6) is -0.0498. The lowest BCUT2D eigenvalue weighted by molar-refractivity contribution is -0.160. The maximum atomic E-state index is 12.6. The van der Waals surface area contributed by atoms with Crippen molar-refractivity contribution in [2.24, 2.45) is 0 Å². The van der Waals surface area contributed by atoms with Crippen molar-refractivity contribution in [1.29, 1.82) is 0 Å². The number of carboxylic acid groups (broad SMARTS) is 1. The molecule has 0 saturated heterocycles. The van der Waals surface area contributed by atoms with Crippen molar-refractivity contribution in [3.63, 3.8) is 0 Å². The highest BCUT2D eigenvalue weighted by atomic mass is 35.5. The molecule has 3 N–H and O–H groups in total. The van der Waals surface area contributed by atoms with E-state index in [1.165, 1.54) is 11.3 Å². The summed E-state index contributed by atoms with van der Waals surface area (Å²) >= 11 is 7.67. The van der Waals surface area contributed by atoms with Crippen LogP contribution in [0.15, 0.2) is 72.9 Å². The number of rotatable bonds is 6. The van der Waals surface area contributed by atoms with Gasteiger partial charge in [0.2, 0.25) is 0 Å². The van der Waals surface area contributed by atoms with Gasteiger partial charge in [-0.05, 0) is 93.4 Å². The number of aryl methyl sites for hydroxylation is 1. The van der Waals surface area contributed by atoms with Crippen LogP contribution in [-0.2, 0) is 9.53 Å². The minimum atomic E-state index is -1.19. The van der Waals surface area contributed by atoms with E-state index in [1.54, 1.807) is 24.4 Å². The number of nitrogens with two attached hydrogens (primary N) is 1. The van der Waals surface area contributed by atoms with E-state index >= 15 is 0 Å². The van der Waals surface area contributed by atoms with Gasteiger partial charge in [0.25, 0.3) is 0 Å². The number of nitrogen functional groups attached to an aromatic ring is 1. The van der Waals surface area contributed by atoms with Crippen LogP contribution in [0.5, 0.6) is 0 Å². The number of aromatic nitrogens is 4. The van der Waals surface area contributed by atoms with E-state index in [0.717, 1.165) is 43.4 Å². The molecule has 0 fully saturated rings. The van der Waals surface area contributed by atoms with Crippen LogP contribution >= 0.6 is 22.9 Å². The van der Waals surface area contributed by atoms with Crippen LogP contribution in [0.3, 0.4) is 0 Å². The zero-order valence-corrected chi connectivity index (χ0v) is 25.5. The maximum Gasteiger partial charge on any atom is 0.337 e. The molecule has 216 valence electrons. The molecule has 6 rings (SSSR count). The molecule has 0 saturated carbocycles. The Kier molecular flexibility index (Phi) is 7.33. The first kappa shape index (κ1) is 28.7. The number of ether oxygens (including phenoxy) is 1. The van der Waals surface area contributed by atoms with Gasteiger partial charge in [-0.25, -0.2) is 24.7 Å². The Balaban J connectivity index is 1.52. The summed E-state index contributed by atoms with van der Waals surface area (Å²) in [6.45, 7) is 7.42. The van der Waals surface area contributed by atoms with Crippen molar-refractivity contribution < 1.29 is 14.6 Å². The van der Waals surface area contributed by atoms with Crippen LogP contribution in [0, 0.1) is 6.92 Å². The van der Waals surface area contributed by atoms with Crippen LogP contribution < -0.4 is 5.73 Å². The van der Waals surface area contributed by atoms with Crippen molar-refractivity contribution >= 4 is 55.8 Å². The highest BCUT2D eigenvalue weighted by molar-refractivity contribution is 7.22. The molecule has 0 aliphatic rings. The van der Waals surface area contributed by atoms with E-state index in [0.29, 0.717) is 32.9 Å². The Morgan fingerprint density at radius 3 is 2.42 bits per heavy atom. The lowest BCUT2D eigenvalue weighted by Gasteiger charge is -2.28. The third-order valence-electron chi connectivity index (χ3n) is 6.86. The second-order valence-corrected chi connectivity index (χ2v) is 12.6. The van der Waals surface area contributed by atoms with Gasteiger partial charge in [-0.3, -0.25) is 0 Å². The van der Waals surface area contributed by atoms with Crippen LogP contribution in [0.1, 0.15) is 38.0 Å². The molecule has 0 bridgehead atoms. The summed E-state index contributed by atoms with van der Waals surface area (Å²) in [6, 6.07) is 20.6. The van der Waals surface area contributed by atoms with Crippen LogP contribution in [-0.4, -0.2) is 36.6 Å². The summed E-state index contributed by atoms with van der Waals surface area (Å²) in [7, 11) is 0. The predicted octanol–water partition coefficient (Wildman–Crippen LogP) is 8.12. The van der Waals surface area contributed by atoms with Gasteiger partial charge in [0.05, 0.1) is 21.3 Å². The van der Waals surface area contributed by atoms with Gasteiger partial charge in [0, 0.05) is 33.3 Å². The summed E-state index contributed by atoms with van der Waals surface area (Å²) in [5, 5.41) is 12.5. The number of hydrogen-bond donors (Lipinski definition) is 2. The first-order valence-electron chi connectivity index (χ1n) is 13.6. The molecule has 0 aliphatic carbocycles. The van der Waals surface area contributed by atoms with Crippen molar-refractivity contribution in [2.45, 2.75) is 39.4 Å². The quantitative estimate of drug-likeness (QED) is 0.194. The molecule has 10 heteroatoms. The van der Waals surface area contributed by atoms with Gasteiger partial charge in [-0.15, -0.1) is 11.3 Å². The number of anilines is 1. The Morgan fingerprint density at radius 2 is 1.70 bits per heavy atom. The van der Waals surface area contributed by atoms with Crippen molar-refractivity contribution in [2.75, 3.05) is 5.73 Å². The van der Waals surface area contributed by atoms with Crippen molar-refractivity contribution in [3.8, 4) is 33.2 Å². The smallest absolute Gasteiger partial charge is 0.337 e. The zero-order chi connectivity index (χ0) is 30.5. The minimum absolute atomic E-state index is 0.463. The van der Waals surface area contributed by atoms with E-state index in [-0.39, 0.29) is 0 Å². The molecule has 3 aromatic heterocycles. The molecular weight excluding hydrogens is 582 g/mol. The van der Waals surface area contributed by atoms with E-state index in [2.05, 4.69) is 9.97 Å². The standard InChI is InChI=1S/C33H28ClN5O3S/c1-17-15-24-29(27(18-5-9-21(34)10-6-18)26(17)28(32(40)41)42-33(2,3)4)43-31(39-24)23-13-14-36-30(38-23)20-7-11-22-19(16-20)8-12-25(35)37-22/h5-16,28H,1-4H3,(H2,35,37)(H,40,41)/t28-/m0/s1. The zero-order valence-electron chi connectivity index (χ0n) is 23.9. The number of benzene rings is 3. The number of halogens is 1. The number of fused-ring (bicyclic) bond motifs is 2. The Bertz CT molecular complexity index is 2020. The molecule has 3 heterocycles. The van der Waals surface area contributed by atoms with Gasteiger partial charge in [0.1, 0.15) is 16.5 Å². The Labute approximate surface area is 257 Å². The number of pyridine rings is 1. The second kappa shape index (κ2) is 11.0. The monoisotopic (exact) mass is 609 g/mol. The number of carboxylic acids is 1. The lowest BCUT2D eigenvalue weighted by atomic mass is 9.91. The number of nitrogens with zero attached hydrogens (tertiary/aromatic N) is 4. The molecule has 43 heavy (non-hydrogen) atoms. The molecular formula is C33H28ClN5O3S. The largest absolute Gasteiger partial charge is 0.479 e. The predicted molar refractivity (Wildman–Crippen MR) is 172 cm³/mol. The SMILES string of the molecule is Cc1cc2nc(-c3ccnc(-c4ccc5nc(N)ccc5c4)n3)sc2c(-c2ccc(Cl)cc2)c1[C@H](OC(C)(C)C)C(=O)O. The molecule has 0 amide bonds. The summed E-state index contributed by atoms with van der Waals surface area (Å²) in [5.41, 5.74) is 11.1. The van der Waals surface area contributed by atoms with E-state index in [9.17, 15) is 9.90 Å². The van der Waals surface area contributed by atoms with E-state index in [1.807, 2.05) is 76.2 Å². The first-order valence-corrected chi connectivity index (χ1v) is 14.8. The highest BCUT2D eigenvalue weighted by Gasteiger charge is 2.32. The third-order valence-corrected chi connectivity index (χ3v) is 8.23. The highest BCUT2D eigenvalue weighted by Crippen LogP contribution is 2.44. The van der Waals surface area contributed by atoms with Crippen molar-refractivity contribution in [1.82, 2.24) is 19.9 Å². The van der Waals surface area contributed by atoms with Gasteiger partial charge in [-0.2, -0.15) is 0 Å². The molecule has 0 radical (unpaired) electrons. The van der Waals surface area contributed by atoms with Gasteiger partial charge >= 0.3 is 5.97 Å². The van der Waals surface area contributed by atoms with Gasteiger partial charge in [0.15, 0.2) is 11.9 Å². The number of hydrogen-bond acceptors (Lipinski definition) is 8. The molecule has 1 atom stereocenters. The van der Waals surface area contributed by atoms with Gasteiger partial charge < -0.3 is 15.6 Å². The normalized spacial score (nSPS) is 12.6. The fourth-order valence-corrected chi connectivity index (χ4v) is 6.27. The van der Waals surface area contributed by atoms with E-state index in [4.69, 9.17) is 32.0 Å². The Hall–Kier alpha value is -4.44. The Morgan fingerprint density at radius 1 is 0.953 bits per heavy atom. The van der Waals surface area contributed by atoms with Crippen molar-refractivity contribution in [3.05, 3.63) is 89.1 Å². The molecule has 6 aromatic rings. The average Bonchev–Trinajstić information content (AvgIpc) is 3.39. The fraction of sp³-hybridized carbons (Fsp3) is 0.182. The van der Waals surface area contributed by atoms with E-state index < -0.39 is 17.7 Å². The van der Waals surface area contributed by atoms with Crippen LogP contribution in [0.4, 0.5) is 5.82 Å². The second-order valence-electron chi connectivity index (χ2n) is 11.2. The maximum absolute atomic E-state index is 12.6. The molecule has 3 aromatic carbocycles. The summed E-state index contributed by atoms with van der Waals surface area (Å²) < 4.78 is 6.95. The molecule has 0 unspecified atom stereocenters. The topological polar surface area (TPSA) is 124 Å². The van der Waals surface area contributed by atoms with Crippen LogP contribution in [0.25, 0.3) is 54.3 Å². The fourth-order valence-electron chi connectivity index (χ4n) is 5.05. The average molecular weight is 610 g/mol. The summed E-state index contributed by atoms with van der Waals surface area (Å²) in [6.07, 6.45) is 0.521. The summed E-state index contributed by atoms with van der Waals surface area (Å²) in [4.78, 5) is 31.3. The minimum Gasteiger partial charge on any atom is -0.479 e.